The van der Waals surface area contributed by atoms with E-state index >= 15 is 0 Å². The number of hydrogen-bond acceptors (Lipinski definition) is 5. The number of halogens is 1. The Bertz CT molecular complexity index is 857. The second-order valence-corrected chi connectivity index (χ2v) is 7.99. The molecule has 0 radical (unpaired) electrons. The molecular formula is C22H26BrNO4. The van der Waals surface area contributed by atoms with Crippen molar-refractivity contribution in [1.82, 2.24) is 0 Å². The molecule has 5 nitrogen and oxygen atoms in total. The van der Waals surface area contributed by atoms with Gasteiger partial charge in [0.25, 0.3) is 0 Å². The summed E-state index contributed by atoms with van der Waals surface area (Å²) in [6, 6.07) is 10.5. The van der Waals surface area contributed by atoms with Gasteiger partial charge in [-0.2, -0.15) is 0 Å². The Balaban J connectivity index is 1.76. The molecule has 4 rings (SSSR count). The summed E-state index contributed by atoms with van der Waals surface area (Å²) in [6.07, 6.45) is 2.22. The number of nitrogens with one attached hydrogen (secondary N) is 1. The minimum Gasteiger partial charge on any atom is -0.497 e. The first-order chi connectivity index (χ1) is 13.7. The van der Waals surface area contributed by atoms with E-state index in [4.69, 9.17) is 18.9 Å². The summed E-state index contributed by atoms with van der Waals surface area (Å²) in [5.41, 5.74) is 3.43. The standard InChI is InChI=1S/C22H26BrNO4/c1-4-27-22-17(23)10-13(11-19(22)26-3)20-15-6-5-9-28-21(15)16-12-14(25-2)7-8-18(16)24-20/h7-8,10-12,15,20-21,24H,4-6,9H2,1-3H3/t15-,20+,21-/m0/s1. The third-order valence-corrected chi connectivity index (χ3v) is 6.16. The molecule has 0 spiro atoms. The molecule has 150 valence electrons. The molecule has 0 aliphatic carbocycles. The maximum Gasteiger partial charge on any atom is 0.175 e. The molecule has 28 heavy (non-hydrogen) atoms. The van der Waals surface area contributed by atoms with Gasteiger partial charge in [-0.3, -0.25) is 0 Å². The molecule has 1 N–H and O–H groups in total. The highest BCUT2D eigenvalue weighted by Gasteiger charge is 2.40. The topological polar surface area (TPSA) is 49.0 Å². The Morgan fingerprint density at radius 2 is 2.04 bits per heavy atom. The Hall–Kier alpha value is -1.92. The number of ether oxygens (including phenoxy) is 4. The van der Waals surface area contributed by atoms with Crippen LogP contribution in [0.15, 0.2) is 34.8 Å². The molecule has 0 bridgehead atoms. The van der Waals surface area contributed by atoms with E-state index in [9.17, 15) is 0 Å². The van der Waals surface area contributed by atoms with Crippen LogP contribution < -0.4 is 19.5 Å². The molecule has 2 aliphatic rings. The van der Waals surface area contributed by atoms with Gasteiger partial charge in [0.2, 0.25) is 0 Å². The summed E-state index contributed by atoms with van der Waals surface area (Å²) < 4.78 is 24.0. The Morgan fingerprint density at radius 3 is 2.79 bits per heavy atom. The minimum atomic E-state index is 0.0569. The molecule has 1 saturated heterocycles. The number of benzene rings is 2. The number of rotatable bonds is 5. The van der Waals surface area contributed by atoms with Crippen LogP contribution in [0.1, 0.15) is 43.0 Å². The summed E-state index contributed by atoms with van der Waals surface area (Å²) in [6.45, 7) is 3.35. The van der Waals surface area contributed by atoms with Gasteiger partial charge < -0.3 is 24.3 Å². The van der Waals surface area contributed by atoms with Gasteiger partial charge in [-0.05, 0) is 71.6 Å². The van der Waals surface area contributed by atoms with E-state index in [-0.39, 0.29) is 12.1 Å². The van der Waals surface area contributed by atoms with Gasteiger partial charge in [0.1, 0.15) is 5.75 Å². The normalized spacial score (nSPS) is 23.2. The Morgan fingerprint density at radius 1 is 1.18 bits per heavy atom. The molecule has 1 fully saturated rings. The van der Waals surface area contributed by atoms with Crippen LogP contribution in [-0.2, 0) is 4.74 Å². The minimum absolute atomic E-state index is 0.0569. The van der Waals surface area contributed by atoms with E-state index in [1.165, 1.54) is 5.56 Å². The maximum atomic E-state index is 6.25. The molecule has 0 aromatic heterocycles. The monoisotopic (exact) mass is 447 g/mol. The van der Waals surface area contributed by atoms with Crippen molar-refractivity contribution in [3.8, 4) is 17.2 Å². The fourth-order valence-electron chi connectivity index (χ4n) is 4.31. The predicted molar refractivity (Wildman–Crippen MR) is 113 cm³/mol. The summed E-state index contributed by atoms with van der Waals surface area (Å²) in [5, 5.41) is 3.74. The zero-order valence-electron chi connectivity index (χ0n) is 16.5. The van der Waals surface area contributed by atoms with Crippen molar-refractivity contribution in [1.29, 1.82) is 0 Å². The maximum absolute atomic E-state index is 6.25. The lowest BCUT2D eigenvalue weighted by Gasteiger charge is -2.43. The average Bonchev–Trinajstić information content (AvgIpc) is 2.74. The SMILES string of the molecule is CCOc1c(Br)cc([C@H]2Nc3ccc(OC)cc3[C@H]3OCCC[C@@H]23)cc1OC. The van der Waals surface area contributed by atoms with E-state index in [0.29, 0.717) is 12.5 Å². The molecule has 3 atom stereocenters. The molecule has 2 aromatic rings. The molecule has 0 saturated carbocycles. The predicted octanol–water partition coefficient (Wildman–Crippen LogP) is 5.50. The van der Waals surface area contributed by atoms with Crippen LogP contribution in [0, 0.1) is 5.92 Å². The smallest absolute Gasteiger partial charge is 0.175 e. The highest BCUT2D eigenvalue weighted by molar-refractivity contribution is 9.10. The quantitative estimate of drug-likeness (QED) is 0.655. The van der Waals surface area contributed by atoms with Gasteiger partial charge in [-0.15, -0.1) is 0 Å². The fourth-order valence-corrected chi connectivity index (χ4v) is 4.88. The average molecular weight is 448 g/mol. The second-order valence-electron chi connectivity index (χ2n) is 7.14. The second kappa shape index (κ2) is 8.21. The highest BCUT2D eigenvalue weighted by atomic mass is 79.9. The van der Waals surface area contributed by atoms with Gasteiger partial charge in [-0.1, -0.05) is 0 Å². The molecule has 0 unspecified atom stereocenters. The van der Waals surface area contributed by atoms with Crippen LogP contribution in [0.2, 0.25) is 0 Å². The zero-order valence-corrected chi connectivity index (χ0v) is 18.0. The Kier molecular flexibility index (Phi) is 5.69. The van der Waals surface area contributed by atoms with Crippen molar-refractivity contribution in [2.24, 2.45) is 5.92 Å². The van der Waals surface area contributed by atoms with Crippen LogP contribution in [0.5, 0.6) is 17.2 Å². The van der Waals surface area contributed by atoms with Crippen molar-refractivity contribution >= 4 is 21.6 Å². The van der Waals surface area contributed by atoms with Crippen molar-refractivity contribution in [2.45, 2.75) is 31.9 Å². The summed E-state index contributed by atoms with van der Waals surface area (Å²) in [7, 11) is 3.38. The first-order valence-corrected chi connectivity index (χ1v) is 10.5. The third kappa shape index (κ3) is 3.44. The first kappa shape index (κ1) is 19.4. The molecule has 2 aliphatic heterocycles. The van der Waals surface area contributed by atoms with E-state index < -0.39 is 0 Å². The summed E-state index contributed by atoms with van der Waals surface area (Å²) in [4.78, 5) is 0. The van der Waals surface area contributed by atoms with Crippen LogP contribution in [0.25, 0.3) is 0 Å². The molecular weight excluding hydrogens is 422 g/mol. The number of hydrogen-bond donors (Lipinski definition) is 1. The van der Waals surface area contributed by atoms with Crippen molar-refractivity contribution in [3.63, 3.8) is 0 Å². The largest absolute Gasteiger partial charge is 0.497 e. The fraction of sp³-hybridized carbons (Fsp3) is 0.455. The van der Waals surface area contributed by atoms with Crippen LogP contribution >= 0.6 is 15.9 Å². The van der Waals surface area contributed by atoms with Crippen molar-refractivity contribution in [2.75, 3.05) is 32.8 Å². The van der Waals surface area contributed by atoms with Gasteiger partial charge >= 0.3 is 0 Å². The van der Waals surface area contributed by atoms with E-state index in [0.717, 1.165) is 52.4 Å². The molecule has 2 heterocycles. The lowest BCUT2D eigenvalue weighted by molar-refractivity contribution is -0.0382. The van der Waals surface area contributed by atoms with Crippen LogP contribution in [-0.4, -0.2) is 27.4 Å². The van der Waals surface area contributed by atoms with E-state index in [1.54, 1.807) is 14.2 Å². The van der Waals surface area contributed by atoms with Crippen LogP contribution in [0.4, 0.5) is 5.69 Å². The lowest BCUT2D eigenvalue weighted by Crippen LogP contribution is -2.36. The van der Waals surface area contributed by atoms with Crippen molar-refractivity contribution in [3.05, 3.63) is 45.9 Å². The van der Waals surface area contributed by atoms with Gasteiger partial charge in [0, 0.05) is 23.8 Å². The first-order valence-electron chi connectivity index (χ1n) is 9.72. The van der Waals surface area contributed by atoms with E-state index in [1.807, 2.05) is 13.0 Å². The van der Waals surface area contributed by atoms with Gasteiger partial charge in [0.15, 0.2) is 11.5 Å². The third-order valence-electron chi connectivity index (χ3n) is 5.57. The van der Waals surface area contributed by atoms with Gasteiger partial charge in [0.05, 0.1) is 37.4 Å². The summed E-state index contributed by atoms with van der Waals surface area (Å²) in [5.74, 6) is 2.67. The van der Waals surface area contributed by atoms with Crippen LogP contribution in [0.3, 0.4) is 0 Å². The number of methoxy groups -OCH3 is 2. The molecule has 0 amide bonds. The molecule has 2 aromatic carbocycles. The van der Waals surface area contributed by atoms with E-state index in [2.05, 4.69) is 45.5 Å². The molecule has 6 heteroatoms. The van der Waals surface area contributed by atoms with Gasteiger partial charge in [-0.25, -0.2) is 0 Å². The number of fused-ring (bicyclic) bond motifs is 3. The lowest BCUT2D eigenvalue weighted by atomic mass is 9.77. The summed E-state index contributed by atoms with van der Waals surface area (Å²) >= 11 is 3.66. The Labute approximate surface area is 174 Å². The highest BCUT2D eigenvalue weighted by Crippen LogP contribution is 2.51. The van der Waals surface area contributed by atoms with Crippen molar-refractivity contribution < 1.29 is 18.9 Å². The number of anilines is 1. The zero-order chi connectivity index (χ0) is 19.7.